The number of hydrogen-bond acceptors (Lipinski definition) is 5. The van der Waals surface area contributed by atoms with Crippen LogP contribution in [-0.2, 0) is 16.0 Å². The molecule has 0 spiro atoms. The number of hydrogen-bond donors (Lipinski definition) is 2. The summed E-state index contributed by atoms with van der Waals surface area (Å²) >= 11 is 6.19. The van der Waals surface area contributed by atoms with Gasteiger partial charge in [0.25, 0.3) is 11.8 Å². The number of carbonyl (C=O) groups excluding carboxylic acids is 3. The monoisotopic (exact) mass is 417 g/mol. The maximum absolute atomic E-state index is 12.7. The second-order valence-electron chi connectivity index (χ2n) is 6.46. The van der Waals surface area contributed by atoms with Crippen LogP contribution in [0.4, 0.5) is 11.4 Å². The van der Waals surface area contributed by atoms with E-state index in [0.29, 0.717) is 12.2 Å². The van der Waals surface area contributed by atoms with Crippen molar-refractivity contribution < 1.29 is 23.9 Å². The molecular weight excluding hydrogens is 398 g/mol. The Labute approximate surface area is 172 Å². The van der Waals surface area contributed by atoms with E-state index >= 15 is 0 Å². The SMILES string of the molecule is COc1cc(C(=O)Nc2ccc3c(c2)CCN3C(C)=O)cc(Cl)c1OCC(N)=O. The van der Waals surface area contributed by atoms with E-state index in [1.54, 1.807) is 11.0 Å². The molecule has 9 heteroatoms. The first-order chi connectivity index (χ1) is 13.8. The molecule has 0 bridgehead atoms. The number of carbonyl (C=O) groups is 3. The standard InChI is InChI=1S/C20H20ClN3O5/c1-11(25)24-6-5-12-7-14(3-4-16(12)24)23-20(27)13-8-15(21)19(17(9-13)28-2)29-10-18(22)26/h3-4,7-9H,5-6,10H2,1-2H3,(H2,22,26)(H,23,27). The number of halogens is 1. The van der Waals surface area contributed by atoms with Crippen LogP contribution in [0.5, 0.6) is 11.5 Å². The Bertz CT molecular complexity index is 992. The van der Waals surface area contributed by atoms with Crippen molar-refractivity contribution in [3.63, 3.8) is 0 Å². The lowest BCUT2D eigenvalue weighted by molar-refractivity contribution is -0.120. The zero-order valence-corrected chi connectivity index (χ0v) is 16.7. The molecule has 1 heterocycles. The smallest absolute Gasteiger partial charge is 0.255 e. The van der Waals surface area contributed by atoms with Crippen molar-refractivity contribution in [1.82, 2.24) is 0 Å². The number of fused-ring (bicyclic) bond motifs is 1. The summed E-state index contributed by atoms with van der Waals surface area (Å²) in [6.45, 7) is 1.79. The zero-order chi connectivity index (χ0) is 21.1. The second-order valence-corrected chi connectivity index (χ2v) is 6.87. The van der Waals surface area contributed by atoms with Gasteiger partial charge >= 0.3 is 0 Å². The average molecular weight is 418 g/mol. The van der Waals surface area contributed by atoms with Crippen LogP contribution in [-0.4, -0.2) is 38.0 Å². The molecule has 0 radical (unpaired) electrons. The van der Waals surface area contributed by atoms with Gasteiger partial charge in [-0.25, -0.2) is 0 Å². The second kappa shape index (κ2) is 8.40. The first kappa shape index (κ1) is 20.5. The first-order valence-electron chi connectivity index (χ1n) is 8.81. The third-order valence-corrected chi connectivity index (χ3v) is 4.74. The topological polar surface area (TPSA) is 111 Å². The normalized spacial score (nSPS) is 12.3. The lowest BCUT2D eigenvalue weighted by atomic mass is 10.1. The molecule has 0 saturated heterocycles. The molecule has 0 aliphatic carbocycles. The van der Waals surface area contributed by atoms with Gasteiger partial charge in [-0.15, -0.1) is 0 Å². The molecule has 0 fully saturated rings. The van der Waals surface area contributed by atoms with Crippen molar-refractivity contribution >= 4 is 40.7 Å². The number of benzene rings is 2. The number of methoxy groups -OCH3 is 1. The molecule has 0 saturated carbocycles. The minimum atomic E-state index is -0.662. The zero-order valence-electron chi connectivity index (χ0n) is 16.0. The third kappa shape index (κ3) is 4.43. The maximum atomic E-state index is 12.7. The van der Waals surface area contributed by atoms with Crippen molar-refractivity contribution in [2.75, 3.05) is 30.5 Å². The van der Waals surface area contributed by atoms with Crippen molar-refractivity contribution in [3.8, 4) is 11.5 Å². The highest BCUT2D eigenvalue weighted by atomic mass is 35.5. The molecule has 0 aromatic heterocycles. The summed E-state index contributed by atoms with van der Waals surface area (Å²) in [5, 5.41) is 2.92. The summed E-state index contributed by atoms with van der Waals surface area (Å²) in [5.41, 5.74) is 7.78. The molecule has 0 atom stereocenters. The molecular formula is C20H20ClN3O5. The van der Waals surface area contributed by atoms with E-state index in [1.807, 2.05) is 12.1 Å². The molecule has 2 aromatic rings. The van der Waals surface area contributed by atoms with Crippen LogP contribution in [0.3, 0.4) is 0 Å². The highest BCUT2D eigenvalue weighted by molar-refractivity contribution is 6.32. The van der Waals surface area contributed by atoms with E-state index in [9.17, 15) is 14.4 Å². The van der Waals surface area contributed by atoms with Crippen LogP contribution in [0.25, 0.3) is 0 Å². The van der Waals surface area contributed by atoms with E-state index < -0.39 is 11.8 Å². The van der Waals surface area contributed by atoms with Crippen LogP contribution in [0, 0.1) is 0 Å². The minimum absolute atomic E-state index is 0.0130. The van der Waals surface area contributed by atoms with Crippen molar-refractivity contribution in [2.24, 2.45) is 5.73 Å². The van der Waals surface area contributed by atoms with E-state index in [2.05, 4.69) is 5.32 Å². The van der Waals surface area contributed by atoms with Crippen molar-refractivity contribution in [1.29, 1.82) is 0 Å². The van der Waals surface area contributed by atoms with Gasteiger partial charge in [-0.2, -0.15) is 0 Å². The minimum Gasteiger partial charge on any atom is -0.493 e. The first-order valence-corrected chi connectivity index (χ1v) is 9.19. The Hall–Kier alpha value is -3.26. The van der Waals surface area contributed by atoms with Crippen molar-refractivity contribution in [2.45, 2.75) is 13.3 Å². The molecule has 29 heavy (non-hydrogen) atoms. The molecule has 3 rings (SSSR count). The van der Waals surface area contributed by atoms with Crippen LogP contribution in [0.2, 0.25) is 5.02 Å². The fourth-order valence-electron chi connectivity index (χ4n) is 3.14. The number of nitrogens with one attached hydrogen (secondary N) is 1. The van der Waals surface area contributed by atoms with Gasteiger partial charge in [-0.05, 0) is 42.3 Å². The molecule has 3 N–H and O–H groups in total. The molecule has 152 valence electrons. The number of anilines is 2. The van der Waals surface area contributed by atoms with Gasteiger partial charge in [0.2, 0.25) is 5.91 Å². The van der Waals surface area contributed by atoms with Gasteiger partial charge in [-0.3, -0.25) is 14.4 Å². The summed E-state index contributed by atoms with van der Waals surface area (Å²) in [6, 6.07) is 8.27. The quantitative estimate of drug-likeness (QED) is 0.749. The molecule has 2 aromatic carbocycles. The number of primary amides is 1. The Morgan fingerprint density at radius 1 is 1.24 bits per heavy atom. The van der Waals surface area contributed by atoms with Crippen LogP contribution in [0.1, 0.15) is 22.8 Å². The van der Waals surface area contributed by atoms with E-state index in [1.165, 1.54) is 26.2 Å². The largest absolute Gasteiger partial charge is 0.493 e. The van der Waals surface area contributed by atoms with E-state index in [4.69, 9.17) is 26.8 Å². The molecule has 1 aliphatic rings. The van der Waals surface area contributed by atoms with Gasteiger partial charge in [0.15, 0.2) is 18.1 Å². The fourth-order valence-corrected chi connectivity index (χ4v) is 3.41. The fraction of sp³-hybridized carbons (Fsp3) is 0.250. The van der Waals surface area contributed by atoms with E-state index in [-0.39, 0.29) is 34.6 Å². The number of nitrogens with zero attached hydrogens (tertiary/aromatic N) is 1. The highest BCUT2D eigenvalue weighted by Gasteiger charge is 2.23. The number of rotatable bonds is 6. The summed E-state index contributed by atoms with van der Waals surface area (Å²) < 4.78 is 10.5. The van der Waals surface area contributed by atoms with Crippen LogP contribution >= 0.6 is 11.6 Å². The summed E-state index contributed by atoms with van der Waals surface area (Å²) in [5.74, 6) is -0.736. The van der Waals surface area contributed by atoms with Gasteiger partial charge in [0, 0.05) is 30.4 Å². The Morgan fingerprint density at radius 2 is 2.00 bits per heavy atom. The van der Waals surface area contributed by atoms with Crippen LogP contribution in [0.15, 0.2) is 30.3 Å². The Kier molecular flexibility index (Phi) is 5.93. The molecule has 3 amide bonds. The summed E-state index contributed by atoms with van der Waals surface area (Å²) in [7, 11) is 1.39. The van der Waals surface area contributed by atoms with Gasteiger partial charge in [-0.1, -0.05) is 11.6 Å². The summed E-state index contributed by atoms with van der Waals surface area (Å²) in [6.07, 6.45) is 0.726. The predicted octanol–water partition coefficient (Wildman–Crippen LogP) is 2.37. The summed E-state index contributed by atoms with van der Waals surface area (Å²) in [4.78, 5) is 37.0. The number of ether oxygens (including phenoxy) is 2. The van der Waals surface area contributed by atoms with E-state index in [0.717, 1.165) is 17.7 Å². The molecule has 0 unspecified atom stereocenters. The van der Waals surface area contributed by atoms with Gasteiger partial charge in [0.1, 0.15) is 0 Å². The lowest BCUT2D eigenvalue weighted by Gasteiger charge is -2.15. The third-order valence-electron chi connectivity index (χ3n) is 4.46. The Balaban J connectivity index is 1.80. The molecule has 1 aliphatic heterocycles. The average Bonchev–Trinajstić information content (AvgIpc) is 3.09. The van der Waals surface area contributed by atoms with Gasteiger partial charge < -0.3 is 25.4 Å². The Morgan fingerprint density at radius 3 is 2.66 bits per heavy atom. The van der Waals surface area contributed by atoms with Gasteiger partial charge in [0.05, 0.1) is 12.1 Å². The highest BCUT2D eigenvalue weighted by Crippen LogP contribution is 2.37. The molecule has 8 nitrogen and oxygen atoms in total. The predicted molar refractivity (Wildman–Crippen MR) is 109 cm³/mol. The lowest BCUT2D eigenvalue weighted by Crippen LogP contribution is -2.25. The van der Waals surface area contributed by atoms with Crippen molar-refractivity contribution in [3.05, 3.63) is 46.5 Å². The van der Waals surface area contributed by atoms with Crippen LogP contribution < -0.4 is 25.4 Å². The number of nitrogens with two attached hydrogens (primary N) is 1. The number of amides is 3. The maximum Gasteiger partial charge on any atom is 0.255 e.